The molecule has 0 aliphatic carbocycles. The molecule has 1 saturated heterocycles. The highest BCUT2D eigenvalue weighted by Gasteiger charge is 2.34. The van der Waals surface area contributed by atoms with Crippen molar-refractivity contribution < 1.29 is 14.7 Å². The van der Waals surface area contributed by atoms with Gasteiger partial charge in [0, 0.05) is 18.2 Å². The first-order valence-corrected chi connectivity index (χ1v) is 11.5. The molecule has 0 amide bonds. The summed E-state index contributed by atoms with van der Waals surface area (Å²) in [7, 11) is 0. The predicted molar refractivity (Wildman–Crippen MR) is 132 cm³/mol. The smallest absolute Gasteiger partial charge is 0.217 e. The van der Waals surface area contributed by atoms with Crippen molar-refractivity contribution in [2.24, 2.45) is 0 Å². The Balaban J connectivity index is 1.58. The molecule has 0 bridgehead atoms. The zero-order chi connectivity index (χ0) is 23.6. The number of aliphatic hydroxyl groups is 1. The van der Waals surface area contributed by atoms with Crippen LogP contribution >= 0.6 is 0 Å². The summed E-state index contributed by atoms with van der Waals surface area (Å²) in [5.41, 5.74) is 5.10. The second-order valence-corrected chi connectivity index (χ2v) is 9.87. The lowest BCUT2D eigenvalue weighted by atomic mass is 9.85. The lowest BCUT2D eigenvalue weighted by molar-refractivity contribution is -0.137. The van der Waals surface area contributed by atoms with Crippen molar-refractivity contribution in [3.63, 3.8) is 0 Å². The molecule has 4 nitrogen and oxygen atoms in total. The molecule has 1 aliphatic heterocycles. The topological polar surface area (TPSA) is 57.6 Å². The van der Waals surface area contributed by atoms with Gasteiger partial charge in [0.05, 0.1) is 12.6 Å². The number of anilines is 1. The van der Waals surface area contributed by atoms with Crippen molar-refractivity contribution in [1.82, 2.24) is 0 Å². The fraction of sp³-hybridized carbons (Fsp3) is 0.310. The molecular formula is C29H31NO3. The number of aliphatic hydroxyl groups excluding tert-OH is 1. The summed E-state index contributed by atoms with van der Waals surface area (Å²) < 4.78 is 0. The van der Waals surface area contributed by atoms with Crippen LogP contribution in [0.4, 0.5) is 5.69 Å². The van der Waals surface area contributed by atoms with Gasteiger partial charge in [0.1, 0.15) is 0 Å². The Bertz CT molecular complexity index is 1130. The van der Waals surface area contributed by atoms with Crippen molar-refractivity contribution in [1.29, 1.82) is 0 Å². The fourth-order valence-corrected chi connectivity index (χ4v) is 4.42. The van der Waals surface area contributed by atoms with Crippen molar-refractivity contribution >= 4 is 17.3 Å². The van der Waals surface area contributed by atoms with E-state index in [1.54, 1.807) is 0 Å². The highest BCUT2D eigenvalue weighted by atomic mass is 16.3. The van der Waals surface area contributed by atoms with Crippen LogP contribution in [-0.4, -0.2) is 29.3 Å². The number of hydrogen-bond acceptors (Lipinski definition) is 4. The standard InChI is InChI=1S/C29H31NO3/c1-29(2,3)23-14-12-21(13-15-23)26(31)17-25-18-27(32)28(33)19-30(25)24-11-7-10-22(16-24)20-8-5-4-6-9-20/h4-16,25-26,31H,17-19H2,1-3H3. The number of piperidine rings is 1. The Morgan fingerprint density at radius 3 is 2.21 bits per heavy atom. The molecule has 3 aromatic rings. The lowest BCUT2D eigenvalue weighted by Crippen LogP contribution is -2.49. The van der Waals surface area contributed by atoms with Crippen LogP contribution < -0.4 is 4.90 Å². The minimum absolute atomic E-state index is 0.0391. The molecule has 33 heavy (non-hydrogen) atoms. The molecule has 1 fully saturated rings. The van der Waals surface area contributed by atoms with Gasteiger partial charge in [-0.25, -0.2) is 0 Å². The minimum atomic E-state index is -0.718. The average molecular weight is 442 g/mol. The largest absolute Gasteiger partial charge is 0.388 e. The van der Waals surface area contributed by atoms with E-state index in [1.807, 2.05) is 65.6 Å². The first kappa shape index (κ1) is 22.9. The van der Waals surface area contributed by atoms with Gasteiger partial charge in [-0.3, -0.25) is 9.59 Å². The van der Waals surface area contributed by atoms with Gasteiger partial charge in [0.25, 0.3) is 0 Å². The van der Waals surface area contributed by atoms with Crippen LogP contribution in [0.2, 0.25) is 0 Å². The number of nitrogens with zero attached hydrogens (tertiary/aromatic N) is 1. The first-order chi connectivity index (χ1) is 15.7. The quantitative estimate of drug-likeness (QED) is 0.532. The van der Waals surface area contributed by atoms with Crippen LogP contribution in [0, 0.1) is 0 Å². The normalized spacial score (nSPS) is 17.8. The van der Waals surface area contributed by atoms with E-state index in [0.29, 0.717) is 6.42 Å². The first-order valence-electron chi connectivity index (χ1n) is 11.5. The molecule has 0 spiro atoms. The molecule has 1 heterocycles. The number of carbonyl (C=O) groups excluding carboxylic acids is 2. The number of hydrogen-bond donors (Lipinski definition) is 1. The molecule has 1 aliphatic rings. The third-order valence-corrected chi connectivity index (χ3v) is 6.43. The van der Waals surface area contributed by atoms with Crippen LogP contribution in [0.3, 0.4) is 0 Å². The van der Waals surface area contributed by atoms with Crippen LogP contribution in [0.5, 0.6) is 0 Å². The van der Waals surface area contributed by atoms with E-state index < -0.39 is 6.10 Å². The van der Waals surface area contributed by atoms with Gasteiger partial charge in [-0.2, -0.15) is 0 Å². The molecular weight excluding hydrogens is 410 g/mol. The van der Waals surface area contributed by atoms with E-state index >= 15 is 0 Å². The lowest BCUT2D eigenvalue weighted by Gasteiger charge is -2.37. The highest BCUT2D eigenvalue weighted by Crippen LogP contribution is 2.32. The van der Waals surface area contributed by atoms with Crippen molar-refractivity contribution in [3.05, 3.63) is 90.0 Å². The van der Waals surface area contributed by atoms with E-state index in [2.05, 4.69) is 39.0 Å². The molecule has 2 atom stereocenters. The monoisotopic (exact) mass is 441 g/mol. The van der Waals surface area contributed by atoms with E-state index in [9.17, 15) is 14.7 Å². The summed E-state index contributed by atoms with van der Waals surface area (Å²) >= 11 is 0. The van der Waals surface area contributed by atoms with Crippen LogP contribution in [0.25, 0.3) is 11.1 Å². The van der Waals surface area contributed by atoms with E-state index in [0.717, 1.165) is 22.4 Å². The van der Waals surface area contributed by atoms with Gasteiger partial charge in [-0.05, 0) is 46.2 Å². The zero-order valence-electron chi connectivity index (χ0n) is 19.5. The summed E-state index contributed by atoms with van der Waals surface area (Å²) in [6.07, 6.45) is -0.223. The van der Waals surface area contributed by atoms with Gasteiger partial charge in [0.15, 0.2) is 0 Å². The molecule has 4 rings (SSSR count). The number of ketones is 2. The second kappa shape index (κ2) is 9.32. The molecule has 3 aromatic carbocycles. The van der Waals surface area contributed by atoms with Crippen LogP contribution in [0.15, 0.2) is 78.9 Å². The Morgan fingerprint density at radius 2 is 1.55 bits per heavy atom. The summed E-state index contributed by atoms with van der Waals surface area (Å²) in [6, 6.07) is 25.9. The molecule has 2 unspecified atom stereocenters. The summed E-state index contributed by atoms with van der Waals surface area (Å²) in [4.78, 5) is 26.6. The maximum Gasteiger partial charge on any atom is 0.217 e. The molecule has 1 N–H and O–H groups in total. The molecule has 0 saturated carbocycles. The van der Waals surface area contributed by atoms with E-state index in [-0.39, 0.29) is 36.0 Å². The molecule has 170 valence electrons. The maximum atomic E-state index is 12.3. The molecule has 0 aromatic heterocycles. The summed E-state index contributed by atoms with van der Waals surface area (Å²) in [5, 5.41) is 11.0. The van der Waals surface area contributed by atoms with Gasteiger partial charge < -0.3 is 10.0 Å². The van der Waals surface area contributed by atoms with Crippen molar-refractivity contribution in [2.45, 2.75) is 51.2 Å². The van der Waals surface area contributed by atoms with Crippen molar-refractivity contribution in [3.8, 4) is 11.1 Å². The Morgan fingerprint density at radius 1 is 0.879 bits per heavy atom. The van der Waals surface area contributed by atoms with E-state index in [1.165, 1.54) is 5.56 Å². The van der Waals surface area contributed by atoms with Gasteiger partial charge in [0.2, 0.25) is 11.6 Å². The van der Waals surface area contributed by atoms with Gasteiger partial charge >= 0.3 is 0 Å². The summed E-state index contributed by atoms with van der Waals surface area (Å²) in [6.45, 7) is 6.51. The number of benzene rings is 3. The fourth-order valence-electron chi connectivity index (χ4n) is 4.42. The second-order valence-electron chi connectivity index (χ2n) is 9.87. The highest BCUT2D eigenvalue weighted by molar-refractivity contribution is 6.39. The van der Waals surface area contributed by atoms with E-state index in [4.69, 9.17) is 0 Å². The molecule has 4 heteroatoms. The SMILES string of the molecule is CC(C)(C)c1ccc(C(O)CC2CC(=O)C(=O)CN2c2cccc(-c3ccccc3)c2)cc1. The minimum Gasteiger partial charge on any atom is -0.388 e. The molecule has 0 radical (unpaired) electrons. The predicted octanol–water partition coefficient (Wildman–Crippen LogP) is 5.49. The van der Waals surface area contributed by atoms with Crippen molar-refractivity contribution in [2.75, 3.05) is 11.4 Å². The van der Waals surface area contributed by atoms with Gasteiger partial charge in [-0.15, -0.1) is 0 Å². The zero-order valence-corrected chi connectivity index (χ0v) is 19.5. The number of carbonyl (C=O) groups is 2. The maximum absolute atomic E-state index is 12.3. The van der Waals surface area contributed by atoms with Crippen LogP contribution in [0.1, 0.15) is 50.8 Å². The van der Waals surface area contributed by atoms with Crippen LogP contribution in [-0.2, 0) is 15.0 Å². The Hall–Kier alpha value is -3.24. The third-order valence-electron chi connectivity index (χ3n) is 6.43. The third kappa shape index (κ3) is 5.23. The Labute approximate surface area is 195 Å². The summed E-state index contributed by atoms with van der Waals surface area (Å²) in [5.74, 6) is -0.730. The average Bonchev–Trinajstić information content (AvgIpc) is 2.81. The number of Topliss-reactive ketones (excluding diaryl/α,β-unsaturated/α-hetero) is 2. The Kier molecular flexibility index (Phi) is 6.48. The van der Waals surface area contributed by atoms with Gasteiger partial charge in [-0.1, -0.05) is 87.5 Å². The number of rotatable bonds is 5.